The first-order chi connectivity index (χ1) is 7.56. The average Bonchev–Trinajstić information content (AvgIpc) is 2.74. The molecule has 0 aliphatic rings. The number of carboxylic acids is 1. The number of rotatable bonds is 6. The summed E-state index contributed by atoms with van der Waals surface area (Å²) >= 11 is 0.930. The van der Waals surface area contributed by atoms with Gasteiger partial charge in [-0.1, -0.05) is 0 Å². The maximum Gasteiger partial charge on any atom is 0.365 e. The Balaban J connectivity index is 2.64. The highest BCUT2D eigenvalue weighted by molar-refractivity contribution is 7.11. The maximum absolute atomic E-state index is 10.6. The molecule has 1 aromatic heterocycles. The second kappa shape index (κ2) is 5.90. The maximum atomic E-state index is 10.6. The van der Waals surface area contributed by atoms with Crippen LogP contribution in [0.25, 0.3) is 0 Å². The number of aromatic nitrogens is 1. The van der Waals surface area contributed by atoms with E-state index < -0.39 is 18.2 Å². The molecule has 6 nitrogen and oxygen atoms in total. The fraction of sp³-hybridized carbons (Fsp3) is 0.556. The molecule has 0 radical (unpaired) electrons. The first kappa shape index (κ1) is 13.0. The largest absolute Gasteiger partial charge is 0.476 e. The van der Waals surface area contributed by atoms with E-state index in [1.54, 1.807) is 7.05 Å². The van der Waals surface area contributed by atoms with Crippen molar-refractivity contribution in [3.63, 3.8) is 0 Å². The van der Waals surface area contributed by atoms with Gasteiger partial charge in [-0.3, -0.25) is 0 Å². The minimum Gasteiger partial charge on any atom is -0.476 e. The Hall–Kier alpha value is -1.02. The molecule has 0 aliphatic carbocycles. The molecule has 0 aliphatic heterocycles. The van der Waals surface area contributed by atoms with Gasteiger partial charge < -0.3 is 20.6 Å². The molecule has 7 heteroatoms. The van der Waals surface area contributed by atoms with Crippen LogP contribution in [0.5, 0.6) is 0 Å². The third kappa shape index (κ3) is 3.24. The summed E-state index contributed by atoms with van der Waals surface area (Å²) in [7, 11) is 1.74. The van der Waals surface area contributed by atoms with Crippen LogP contribution in [0.4, 0.5) is 0 Å². The molecule has 0 bridgehead atoms. The van der Waals surface area contributed by atoms with Gasteiger partial charge in [-0.15, -0.1) is 11.3 Å². The summed E-state index contributed by atoms with van der Waals surface area (Å²) in [4.78, 5) is 14.3. The van der Waals surface area contributed by atoms with Crippen molar-refractivity contribution in [2.45, 2.75) is 18.6 Å². The van der Waals surface area contributed by atoms with Crippen molar-refractivity contribution in [1.29, 1.82) is 0 Å². The minimum atomic E-state index is -1.14. The van der Waals surface area contributed by atoms with Crippen molar-refractivity contribution in [1.82, 2.24) is 10.3 Å². The molecule has 0 fully saturated rings. The summed E-state index contributed by atoms with van der Waals surface area (Å²) in [5.41, 5.74) is 0.200. The number of carbonyl (C=O) groups is 1. The van der Waals surface area contributed by atoms with Gasteiger partial charge in [-0.25, -0.2) is 9.78 Å². The molecule has 2 atom stereocenters. The lowest BCUT2D eigenvalue weighted by molar-refractivity contribution is 0.0117. The van der Waals surface area contributed by atoms with E-state index in [1.165, 1.54) is 5.38 Å². The molecule has 0 saturated heterocycles. The highest BCUT2D eigenvalue weighted by Crippen LogP contribution is 2.21. The topological polar surface area (TPSA) is 103 Å². The molecule has 0 amide bonds. The van der Waals surface area contributed by atoms with Crippen LogP contribution in [0, 0.1) is 0 Å². The molecule has 16 heavy (non-hydrogen) atoms. The number of nitrogens with one attached hydrogen (secondary N) is 1. The Morgan fingerprint density at radius 1 is 1.62 bits per heavy atom. The van der Waals surface area contributed by atoms with Gasteiger partial charge in [-0.2, -0.15) is 0 Å². The Labute approximate surface area is 96.6 Å². The summed E-state index contributed by atoms with van der Waals surface area (Å²) in [6.45, 7) is 0.564. The van der Waals surface area contributed by atoms with Gasteiger partial charge in [0.15, 0.2) is 0 Å². The van der Waals surface area contributed by atoms with Crippen LogP contribution in [0.1, 0.15) is 28.0 Å². The van der Waals surface area contributed by atoms with Crippen LogP contribution in [-0.4, -0.2) is 46.0 Å². The third-order valence-corrected chi connectivity index (χ3v) is 2.91. The van der Waals surface area contributed by atoms with Gasteiger partial charge in [0.1, 0.15) is 6.10 Å². The van der Waals surface area contributed by atoms with E-state index in [0.29, 0.717) is 13.0 Å². The number of nitrogens with zero attached hydrogens (tertiary/aromatic N) is 1. The number of aliphatic hydroxyl groups excluding tert-OH is 2. The van der Waals surface area contributed by atoms with Crippen LogP contribution >= 0.6 is 11.3 Å². The smallest absolute Gasteiger partial charge is 0.365 e. The molecule has 0 saturated carbocycles. The minimum absolute atomic E-state index is 0.0881. The predicted octanol–water partition coefficient (Wildman–Crippen LogP) is -0.155. The van der Waals surface area contributed by atoms with Crippen LogP contribution in [0.2, 0.25) is 0 Å². The molecule has 1 heterocycles. The summed E-state index contributed by atoms with van der Waals surface area (Å²) < 4.78 is 0. The first-order valence-electron chi connectivity index (χ1n) is 4.75. The number of hydrogen-bond donors (Lipinski definition) is 4. The quantitative estimate of drug-likeness (QED) is 0.556. The highest BCUT2D eigenvalue weighted by Gasteiger charge is 2.21. The fourth-order valence-corrected chi connectivity index (χ4v) is 1.85. The van der Waals surface area contributed by atoms with Crippen LogP contribution in [-0.2, 0) is 0 Å². The van der Waals surface area contributed by atoms with Crippen molar-refractivity contribution in [2.75, 3.05) is 13.6 Å². The third-order valence-electron chi connectivity index (χ3n) is 2.06. The lowest BCUT2D eigenvalue weighted by Crippen LogP contribution is -2.23. The zero-order valence-electron chi connectivity index (χ0n) is 8.75. The monoisotopic (exact) mass is 246 g/mol. The zero-order valence-corrected chi connectivity index (χ0v) is 9.57. The lowest BCUT2D eigenvalue weighted by atomic mass is 10.1. The zero-order chi connectivity index (χ0) is 12.1. The van der Waals surface area contributed by atoms with E-state index in [9.17, 15) is 15.0 Å². The molecule has 1 rings (SSSR count). The second-order valence-electron chi connectivity index (χ2n) is 3.29. The van der Waals surface area contributed by atoms with E-state index >= 15 is 0 Å². The Kier molecular flexibility index (Phi) is 4.81. The van der Waals surface area contributed by atoms with E-state index in [1.807, 2.05) is 0 Å². The van der Waals surface area contributed by atoms with Crippen molar-refractivity contribution in [3.05, 3.63) is 16.1 Å². The average molecular weight is 246 g/mol. The van der Waals surface area contributed by atoms with Gasteiger partial charge in [-0.05, 0) is 20.0 Å². The van der Waals surface area contributed by atoms with Crippen LogP contribution < -0.4 is 5.32 Å². The normalized spacial score (nSPS) is 14.7. The summed E-state index contributed by atoms with van der Waals surface area (Å²) in [6, 6.07) is 0. The predicted molar refractivity (Wildman–Crippen MR) is 58.6 cm³/mol. The SMILES string of the molecule is CNCCC(O)C(O)c1csc(C(=O)O)n1. The lowest BCUT2D eigenvalue weighted by Gasteiger charge is -2.15. The van der Waals surface area contributed by atoms with Crippen molar-refractivity contribution in [2.24, 2.45) is 0 Å². The van der Waals surface area contributed by atoms with Crippen molar-refractivity contribution in [3.8, 4) is 0 Å². The second-order valence-corrected chi connectivity index (χ2v) is 4.15. The summed E-state index contributed by atoms with van der Waals surface area (Å²) in [6.07, 6.45) is -1.72. The van der Waals surface area contributed by atoms with Gasteiger partial charge in [0.05, 0.1) is 11.8 Å². The number of thiazole rings is 1. The van der Waals surface area contributed by atoms with Gasteiger partial charge in [0.2, 0.25) is 5.01 Å². The van der Waals surface area contributed by atoms with Gasteiger partial charge in [0.25, 0.3) is 0 Å². The molecule has 4 N–H and O–H groups in total. The molecule has 0 aromatic carbocycles. The van der Waals surface area contributed by atoms with Crippen molar-refractivity contribution >= 4 is 17.3 Å². The standard InChI is InChI=1S/C9H14N2O4S/c1-10-3-2-6(12)7(13)5-4-16-8(11-5)9(14)15/h4,6-7,10,12-13H,2-3H2,1H3,(H,14,15). The fourth-order valence-electron chi connectivity index (χ4n) is 1.17. The summed E-state index contributed by atoms with van der Waals surface area (Å²) in [5, 5.41) is 32.1. The molecular formula is C9H14N2O4S. The first-order valence-corrected chi connectivity index (χ1v) is 5.63. The molecular weight excluding hydrogens is 232 g/mol. The van der Waals surface area contributed by atoms with Gasteiger partial charge >= 0.3 is 5.97 Å². The Morgan fingerprint density at radius 3 is 2.81 bits per heavy atom. The highest BCUT2D eigenvalue weighted by atomic mass is 32.1. The van der Waals surface area contributed by atoms with Crippen LogP contribution in [0.15, 0.2) is 5.38 Å². The van der Waals surface area contributed by atoms with Crippen LogP contribution in [0.3, 0.4) is 0 Å². The Morgan fingerprint density at radius 2 is 2.31 bits per heavy atom. The van der Waals surface area contributed by atoms with E-state index in [2.05, 4.69) is 10.3 Å². The molecule has 0 spiro atoms. The molecule has 2 unspecified atom stereocenters. The summed E-state index contributed by atoms with van der Waals surface area (Å²) in [5.74, 6) is -1.13. The molecule has 90 valence electrons. The van der Waals surface area contributed by atoms with Gasteiger partial charge in [0, 0.05) is 5.38 Å². The number of carboxylic acid groups (broad SMARTS) is 1. The van der Waals surface area contributed by atoms with E-state index in [4.69, 9.17) is 5.11 Å². The number of hydrogen-bond acceptors (Lipinski definition) is 6. The number of aliphatic hydroxyl groups is 2. The Bertz CT molecular complexity index is 355. The van der Waals surface area contributed by atoms with E-state index in [-0.39, 0.29) is 10.7 Å². The number of aromatic carboxylic acids is 1. The van der Waals surface area contributed by atoms with E-state index in [0.717, 1.165) is 11.3 Å². The van der Waals surface area contributed by atoms with Crippen molar-refractivity contribution < 1.29 is 20.1 Å². The molecule has 1 aromatic rings.